The van der Waals surface area contributed by atoms with Crippen LogP contribution in [0, 0.1) is 0 Å². The number of pyridine rings is 1. The number of nitrogens with zero attached hydrogens (tertiary/aromatic N) is 3. The number of nitrogens with one attached hydrogen (secondary N) is 1. The molecule has 2 aromatic heterocycles. The lowest BCUT2D eigenvalue weighted by Gasteiger charge is -2.17. The molecule has 1 saturated heterocycles. The van der Waals surface area contributed by atoms with Gasteiger partial charge in [-0.2, -0.15) is 0 Å². The van der Waals surface area contributed by atoms with Crippen molar-refractivity contribution < 1.29 is 9.53 Å². The number of fused-ring (bicyclic) bond motifs is 1. The zero-order chi connectivity index (χ0) is 16.9. The van der Waals surface area contributed by atoms with E-state index in [4.69, 9.17) is 9.72 Å². The highest BCUT2D eigenvalue weighted by atomic mass is 16.5. The first-order chi connectivity index (χ1) is 11.7. The van der Waals surface area contributed by atoms with Crippen molar-refractivity contribution in [2.45, 2.75) is 32.2 Å². The van der Waals surface area contributed by atoms with E-state index in [1.165, 1.54) is 6.42 Å². The fraction of sp³-hybridized carbons (Fsp3) is 0.556. The Morgan fingerprint density at radius 1 is 1.46 bits per heavy atom. The van der Waals surface area contributed by atoms with Crippen LogP contribution in [0.1, 0.15) is 48.5 Å². The van der Waals surface area contributed by atoms with Gasteiger partial charge in [0.15, 0.2) is 5.69 Å². The summed E-state index contributed by atoms with van der Waals surface area (Å²) in [7, 11) is 2.12. The zero-order valence-corrected chi connectivity index (χ0v) is 14.5. The first-order valence-electron chi connectivity index (χ1n) is 8.75. The summed E-state index contributed by atoms with van der Waals surface area (Å²) in [5.41, 5.74) is 1.39. The summed E-state index contributed by atoms with van der Waals surface area (Å²) in [6.45, 7) is 5.02. The average Bonchev–Trinajstić information content (AvgIpc) is 3.18. The maximum absolute atomic E-state index is 12.6. The van der Waals surface area contributed by atoms with Gasteiger partial charge in [0.25, 0.3) is 5.91 Å². The van der Waals surface area contributed by atoms with Crippen LogP contribution in [0.15, 0.2) is 24.4 Å². The summed E-state index contributed by atoms with van der Waals surface area (Å²) in [4.78, 5) is 19.6. The number of carbonyl (C=O) groups is 1. The van der Waals surface area contributed by atoms with E-state index in [2.05, 4.69) is 21.7 Å². The first-order valence-corrected chi connectivity index (χ1v) is 8.75. The van der Waals surface area contributed by atoms with Crippen molar-refractivity contribution in [3.8, 4) is 0 Å². The molecule has 1 fully saturated rings. The predicted molar refractivity (Wildman–Crippen MR) is 93.2 cm³/mol. The molecule has 6 heteroatoms. The van der Waals surface area contributed by atoms with E-state index in [-0.39, 0.29) is 11.9 Å². The van der Waals surface area contributed by atoms with E-state index in [1.54, 1.807) is 0 Å². The van der Waals surface area contributed by atoms with Crippen molar-refractivity contribution in [1.29, 1.82) is 0 Å². The second kappa shape index (κ2) is 7.77. The van der Waals surface area contributed by atoms with Gasteiger partial charge in [0.1, 0.15) is 5.82 Å². The summed E-state index contributed by atoms with van der Waals surface area (Å²) in [6, 6.07) is 6.17. The van der Waals surface area contributed by atoms with E-state index < -0.39 is 0 Å². The summed E-state index contributed by atoms with van der Waals surface area (Å²) in [6.07, 6.45) is 5.06. The predicted octanol–water partition coefficient (Wildman–Crippen LogP) is 2.26. The van der Waals surface area contributed by atoms with Gasteiger partial charge in [-0.1, -0.05) is 6.07 Å². The Hall–Kier alpha value is -1.92. The van der Waals surface area contributed by atoms with Crippen LogP contribution in [0.25, 0.3) is 5.52 Å². The van der Waals surface area contributed by atoms with Gasteiger partial charge in [0, 0.05) is 26.0 Å². The molecule has 0 saturated carbocycles. The Bertz CT molecular complexity index is 697. The molecule has 130 valence electrons. The Labute approximate surface area is 142 Å². The summed E-state index contributed by atoms with van der Waals surface area (Å²) >= 11 is 0. The van der Waals surface area contributed by atoms with E-state index in [1.807, 2.05) is 31.3 Å². The summed E-state index contributed by atoms with van der Waals surface area (Å²) < 4.78 is 7.36. The Morgan fingerprint density at radius 3 is 3.08 bits per heavy atom. The molecular weight excluding hydrogens is 304 g/mol. The lowest BCUT2D eigenvalue weighted by molar-refractivity contribution is 0.0941. The van der Waals surface area contributed by atoms with E-state index in [0.717, 1.165) is 30.7 Å². The number of amides is 1. The van der Waals surface area contributed by atoms with Crippen LogP contribution >= 0.6 is 0 Å². The van der Waals surface area contributed by atoms with Crippen LogP contribution in [0.4, 0.5) is 0 Å². The molecule has 3 rings (SSSR count). The van der Waals surface area contributed by atoms with Crippen molar-refractivity contribution in [2.75, 3.05) is 33.4 Å². The molecule has 0 aromatic carbocycles. The molecule has 2 aromatic rings. The van der Waals surface area contributed by atoms with Gasteiger partial charge in [-0.15, -0.1) is 0 Å². The Morgan fingerprint density at radius 2 is 2.33 bits per heavy atom. The van der Waals surface area contributed by atoms with Crippen molar-refractivity contribution in [2.24, 2.45) is 0 Å². The second-order valence-corrected chi connectivity index (χ2v) is 6.22. The molecular formula is C18H26N4O2. The van der Waals surface area contributed by atoms with Crippen LogP contribution in [0.5, 0.6) is 0 Å². The number of imidazole rings is 1. The number of ether oxygens (including phenoxy) is 1. The number of hydrogen-bond acceptors (Lipinski definition) is 4. The Kier molecular flexibility index (Phi) is 5.48. The van der Waals surface area contributed by atoms with E-state index >= 15 is 0 Å². The van der Waals surface area contributed by atoms with E-state index in [9.17, 15) is 4.79 Å². The number of rotatable bonds is 7. The van der Waals surface area contributed by atoms with Crippen molar-refractivity contribution in [3.63, 3.8) is 0 Å². The van der Waals surface area contributed by atoms with Crippen LogP contribution < -0.4 is 5.32 Å². The fourth-order valence-corrected chi connectivity index (χ4v) is 3.30. The van der Waals surface area contributed by atoms with Crippen LogP contribution in [-0.2, 0) is 4.74 Å². The maximum Gasteiger partial charge on any atom is 0.272 e. The van der Waals surface area contributed by atoms with Crippen molar-refractivity contribution in [3.05, 3.63) is 35.9 Å². The Balaban J connectivity index is 1.79. The third-order valence-corrected chi connectivity index (χ3v) is 4.56. The minimum Gasteiger partial charge on any atom is -0.382 e. The third-order valence-electron chi connectivity index (χ3n) is 4.56. The average molecular weight is 330 g/mol. The van der Waals surface area contributed by atoms with Crippen LogP contribution in [0.3, 0.4) is 0 Å². The molecule has 1 unspecified atom stereocenters. The van der Waals surface area contributed by atoms with Gasteiger partial charge < -0.3 is 14.5 Å². The summed E-state index contributed by atoms with van der Waals surface area (Å²) in [5.74, 6) is 0.854. The fourth-order valence-electron chi connectivity index (χ4n) is 3.30. The molecule has 24 heavy (non-hydrogen) atoms. The molecule has 6 nitrogen and oxygen atoms in total. The van der Waals surface area contributed by atoms with Gasteiger partial charge in [-0.3, -0.25) is 9.69 Å². The molecule has 1 atom stereocenters. The standard InChI is InChI=1S/C18H26N4O2/c1-3-24-13-7-10-19-18(23)16-14-8-4-5-12-22(14)17(20-16)15-9-6-11-21(15)2/h4-5,8,12,15H,3,6-7,9-11,13H2,1-2H3,(H,19,23). The van der Waals surface area contributed by atoms with Gasteiger partial charge in [-0.25, -0.2) is 4.98 Å². The highest BCUT2D eigenvalue weighted by molar-refractivity contribution is 5.99. The van der Waals surface area contributed by atoms with Crippen LogP contribution in [0.2, 0.25) is 0 Å². The minimum atomic E-state index is -0.109. The molecule has 3 heterocycles. The molecule has 1 aliphatic heterocycles. The molecule has 0 radical (unpaired) electrons. The largest absolute Gasteiger partial charge is 0.382 e. The van der Waals surface area contributed by atoms with Gasteiger partial charge in [-0.05, 0) is 51.9 Å². The smallest absolute Gasteiger partial charge is 0.272 e. The SMILES string of the molecule is CCOCCCNC(=O)c1nc(C2CCCN2C)n2ccccc12. The zero-order valence-electron chi connectivity index (χ0n) is 14.5. The van der Waals surface area contributed by atoms with Gasteiger partial charge in [0.05, 0.1) is 11.6 Å². The lowest BCUT2D eigenvalue weighted by atomic mass is 10.2. The summed E-state index contributed by atoms with van der Waals surface area (Å²) in [5, 5.41) is 2.96. The highest BCUT2D eigenvalue weighted by Crippen LogP contribution is 2.30. The molecule has 0 bridgehead atoms. The highest BCUT2D eigenvalue weighted by Gasteiger charge is 2.28. The topological polar surface area (TPSA) is 58.9 Å². The second-order valence-electron chi connectivity index (χ2n) is 6.22. The minimum absolute atomic E-state index is 0.109. The van der Waals surface area contributed by atoms with Gasteiger partial charge in [0.2, 0.25) is 0 Å². The normalized spacial score (nSPS) is 18.3. The maximum atomic E-state index is 12.6. The monoisotopic (exact) mass is 330 g/mol. The molecule has 1 aliphatic rings. The molecule has 0 spiro atoms. The van der Waals surface area contributed by atoms with Crippen molar-refractivity contribution in [1.82, 2.24) is 19.6 Å². The molecule has 1 N–H and O–H groups in total. The third kappa shape index (κ3) is 3.44. The molecule has 0 aliphatic carbocycles. The number of carbonyl (C=O) groups excluding carboxylic acids is 1. The lowest BCUT2D eigenvalue weighted by Crippen LogP contribution is -2.26. The van der Waals surface area contributed by atoms with Gasteiger partial charge >= 0.3 is 0 Å². The number of likely N-dealkylation sites (tertiary alicyclic amines) is 1. The quantitative estimate of drug-likeness (QED) is 0.791. The van der Waals surface area contributed by atoms with Crippen LogP contribution in [-0.4, -0.2) is 53.5 Å². The number of hydrogen-bond donors (Lipinski definition) is 1. The first kappa shape index (κ1) is 16.9. The molecule has 1 amide bonds. The number of aromatic nitrogens is 2. The van der Waals surface area contributed by atoms with E-state index in [0.29, 0.717) is 25.5 Å². The van der Waals surface area contributed by atoms with Crippen molar-refractivity contribution >= 4 is 11.4 Å².